The van der Waals surface area contributed by atoms with Crippen LogP contribution in [0.25, 0.3) is 11.4 Å². The lowest BCUT2D eigenvalue weighted by Gasteiger charge is -2.14. The molecule has 0 spiro atoms. The van der Waals surface area contributed by atoms with Crippen molar-refractivity contribution in [1.82, 2.24) is 9.55 Å². The van der Waals surface area contributed by atoms with Gasteiger partial charge in [-0.2, -0.15) is 13.2 Å². The summed E-state index contributed by atoms with van der Waals surface area (Å²) in [7, 11) is 0. The fraction of sp³-hybridized carbons (Fsp3) is 0.438. The third-order valence-corrected chi connectivity index (χ3v) is 3.74. The topological polar surface area (TPSA) is 43.8 Å². The Bertz CT molecular complexity index is 661. The molecule has 6 heteroatoms. The summed E-state index contributed by atoms with van der Waals surface area (Å²) in [5, 5.41) is 0. The van der Waals surface area contributed by atoms with E-state index in [2.05, 4.69) is 4.98 Å². The second-order valence-electron chi connectivity index (χ2n) is 5.74. The molecule has 1 aromatic carbocycles. The molecule has 22 heavy (non-hydrogen) atoms. The maximum atomic E-state index is 12.9. The number of benzene rings is 1. The molecule has 0 aliphatic rings. The number of nitrogens with zero attached hydrogens (tertiary/aromatic N) is 2. The Labute approximate surface area is 128 Å². The molecule has 0 saturated carbocycles. The number of halogens is 3. The van der Waals surface area contributed by atoms with Crippen LogP contribution in [-0.4, -0.2) is 9.55 Å². The first-order chi connectivity index (χ1) is 10.1. The molecular weight excluding hydrogens is 291 g/mol. The molecule has 3 nitrogen and oxygen atoms in total. The van der Waals surface area contributed by atoms with E-state index in [0.717, 1.165) is 22.9 Å². The van der Waals surface area contributed by atoms with Crippen LogP contribution in [-0.2, 0) is 12.7 Å². The van der Waals surface area contributed by atoms with E-state index in [1.807, 2.05) is 39.8 Å². The van der Waals surface area contributed by atoms with Crippen LogP contribution in [0.15, 0.2) is 18.3 Å². The van der Waals surface area contributed by atoms with Crippen LogP contribution < -0.4 is 5.73 Å². The van der Waals surface area contributed by atoms with Gasteiger partial charge in [0, 0.05) is 24.3 Å². The highest BCUT2D eigenvalue weighted by Crippen LogP contribution is 2.33. The fourth-order valence-electron chi connectivity index (χ4n) is 2.58. The van der Waals surface area contributed by atoms with Gasteiger partial charge in [-0.15, -0.1) is 0 Å². The Morgan fingerprint density at radius 1 is 1.18 bits per heavy atom. The van der Waals surface area contributed by atoms with Crippen molar-refractivity contribution in [2.75, 3.05) is 0 Å². The van der Waals surface area contributed by atoms with Crippen LogP contribution in [0.4, 0.5) is 13.2 Å². The second kappa shape index (κ2) is 5.76. The SMILES string of the molecule is Cc1cc(-c2nc(C(F)(F)F)cn2C(C)C)cc(C)c1CN. The molecule has 2 aromatic rings. The van der Waals surface area contributed by atoms with E-state index in [1.54, 1.807) is 4.57 Å². The van der Waals surface area contributed by atoms with E-state index in [1.165, 1.54) is 0 Å². The average molecular weight is 311 g/mol. The first-order valence-electron chi connectivity index (χ1n) is 7.11. The van der Waals surface area contributed by atoms with Gasteiger partial charge in [-0.05, 0) is 56.5 Å². The molecule has 0 bridgehead atoms. The fourth-order valence-corrected chi connectivity index (χ4v) is 2.58. The molecular formula is C16H20F3N3. The summed E-state index contributed by atoms with van der Waals surface area (Å²) in [6.07, 6.45) is -3.38. The standard InChI is InChI=1S/C16H20F3N3/c1-9(2)22-8-14(16(17,18)19)21-15(22)12-5-10(3)13(7-20)11(4)6-12/h5-6,8-9H,7,20H2,1-4H3. The van der Waals surface area contributed by atoms with Gasteiger partial charge in [-0.3, -0.25) is 0 Å². The van der Waals surface area contributed by atoms with Crippen LogP contribution in [0.5, 0.6) is 0 Å². The lowest BCUT2D eigenvalue weighted by atomic mass is 9.99. The van der Waals surface area contributed by atoms with Crippen LogP contribution >= 0.6 is 0 Å². The molecule has 2 N–H and O–H groups in total. The van der Waals surface area contributed by atoms with Crippen molar-refractivity contribution in [2.24, 2.45) is 5.73 Å². The zero-order valence-electron chi connectivity index (χ0n) is 13.1. The maximum Gasteiger partial charge on any atom is 0.434 e. The molecule has 120 valence electrons. The zero-order chi connectivity index (χ0) is 16.7. The van der Waals surface area contributed by atoms with Crippen molar-refractivity contribution < 1.29 is 13.2 Å². The number of hydrogen-bond acceptors (Lipinski definition) is 2. The van der Waals surface area contributed by atoms with Crippen molar-refractivity contribution in [3.63, 3.8) is 0 Å². The summed E-state index contributed by atoms with van der Waals surface area (Å²) >= 11 is 0. The largest absolute Gasteiger partial charge is 0.434 e. The molecule has 0 radical (unpaired) electrons. The zero-order valence-corrected chi connectivity index (χ0v) is 13.1. The summed E-state index contributed by atoms with van der Waals surface area (Å²) in [4.78, 5) is 3.82. The van der Waals surface area contributed by atoms with Gasteiger partial charge in [0.25, 0.3) is 0 Å². The van der Waals surface area contributed by atoms with Gasteiger partial charge in [0.05, 0.1) is 0 Å². The molecule has 2 rings (SSSR count). The van der Waals surface area contributed by atoms with E-state index < -0.39 is 11.9 Å². The van der Waals surface area contributed by atoms with Gasteiger partial charge in [0.1, 0.15) is 5.82 Å². The quantitative estimate of drug-likeness (QED) is 0.922. The van der Waals surface area contributed by atoms with Crippen LogP contribution in [0.3, 0.4) is 0 Å². The smallest absolute Gasteiger partial charge is 0.328 e. The van der Waals surface area contributed by atoms with Gasteiger partial charge >= 0.3 is 6.18 Å². The number of rotatable bonds is 3. The first kappa shape index (κ1) is 16.5. The highest BCUT2D eigenvalue weighted by molar-refractivity contribution is 5.61. The lowest BCUT2D eigenvalue weighted by Crippen LogP contribution is -2.05. The van der Waals surface area contributed by atoms with Crippen LogP contribution in [0.1, 0.15) is 42.3 Å². The van der Waals surface area contributed by atoms with Crippen LogP contribution in [0.2, 0.25) is 0 Å². The van der Waals surface area contributed by atoms with Crippen molar-refractivity contribution >= 4 is 0 Å². The number of hydrogen-bond donors (Lipinski definition) is 1. The van der Waals surface area contributed by atoms with Crippen LogP contribution in [0, 0.1) is 13.8 Å². The molecule has 0 saturated heterocycles. The second-order valence-corrected chi connectivity index (χ2v) is 5.74. The Morgan fingerprint density at radius 2 is 1.73 bits per heavy atom. The Kier molecular flexibility index (Phi) is 4.33. The number of alkyl halides is 3. The monoisotopic (exact) mass is 311 g/mol. The van der Waals surface area contributed by atoms with Gasteiger partial charge in [0.15, 0.2) is 5.69 Å². The summed E-state index contributed by atoms with van der Waals surface area (Å²) in [6.45, 7) is 7.89. The van der Waals surface area contributed by atoms with E-state index in [9.17, 15) is 13.2 Å². The van der Waals surface area contributed by atoms with E-state index in [0.29, 0.717) is 17.9 Å². The average Bonchev–Trinajstić information content (AvgIpc) is 2.83. The number of aryl methyl sites for hydroxylation is 2. The summed E-state index contributed by atoms with van der Waals surface area (Å²) in [6, 6.07) is 3.57. The Hall–Kier alpha value is -1.82. The Morgan fingerprint density at radius 3 is 2.14 bits per heavy atom. The molecule has 0 atom stereocenters. The predicted octanol–water partition coefficient (Wildman–Crippen LogP) is 4.23. The Balaban J connectivity index is 2.64. The van der Waals surface area contributed by atoms with Gasteiger partial charge in [0.2, 0.25) is 0 Å². The summed E-state index contributed by atoms with van der Waals surface area (Å²) in [5.74, 6) is 0.331. The van der Waals surface area contributed by atoms with Crippen molar-refractivity contribution in [1.29, 1.82) is 0 Å². The third-order valence-electron chi connectivity index (χ3n) is 3.74. The molecule has 1 heterocycles. The lowest BCUT2D eigenvalue weighted by molar-refractivity contribution is -0.140. The summed E-state index contributed by atoms with van der Waals surface area (Å²) in [5.41, 5.74) is 8.46. The molecule has 0 unspecified atom stereocenters. The van der Waals surface area contributed by atoms with Gasteiger partial charge in [-0.1, -0.05) is 0 Å². The molecule has 0 amide bonds. The molecule has 0 aliphatic heterocycles. The number of aromatic nitrogens is 2. The number of imidazole rings is 1. The normalized spacial score (nSPS) is 12.2. The van der Waals surface area contributed by atoms with Crippen molar-refractivity contribution in [3.05, 3.63) is 40.7 Å². The van der Waals surface area contributed by atoms with Gasteiger partial charge in [-0.25, -0.2) is 4.98 Å². The predicted molar refractivity (Wildman–Crippen MR) is 80.4 cm³/mol. The molecule has 1 aromatic heterocycles. The van der Waals surface area contributed by atoms with Crippen molar-refractivity contribution in [2.45, 2.75) is 46.5 Å². The van der Waals surface area contributed by atoms with E-state index in [-0.39, 0.29) is 6.04 Å². The highest BCUT2D eigenvalue weighted by atomic mass is 19.4. The minimum Gasteiger partial charge on any atom is -0.328 e. The highest BCUT2D eigenvalue weighted by Gasteiger charge is 2.35. The minimum absolute atomic E-state index is 0.117. The minimum atomic E-state index is -4.45. The van der Waals surface area contributed by atoms with E-state index >= 15 is 0 Å². The number of nitrogens with two attached hydrogens (primary N) is 1. The summed E-state index contributed by atoms with van der Waals surface area (Å²) < 4.78 is 40.4. The van der Waals surface area contributed by atoms with Gasteiger partial charge < -0.3 is 10.3 Å². The van der Waals surface area contributed by atoms with E-state index in [4.69, 9.17) is 5.73 Å². The third kappa shape index (κ3) is 3.02. The van der Waals surface area contributed by atoms with Crippen molar-refractivity contribution in [3.8, 4) is 11.4 Å². The molecule has 0 aliphatic carbocycles. The molecule has 0 fully saturated rings. The maximum absolute atomic E-state index is 12.9. The first-order valence-corrected chi connectivity index (χ1v) is 7.11.